The molecular formula is C19H25N3O5. The topological polar surface area (TPSA) is 108 Å². The minimum absolute atomic E-state index is 0.0775. The largest absolute Gasteiger partial charge is 0.466 e. The van der Waals surface area contributed by atoms with Crippen LogP contribution in [0, 0.1) is 5.41 Å². The summed E-state index contributed by atoms with van der Waals surface area (Å²) in [5.74, 6) is -1.08. The summed E-state index contributed by atoms with van der Waals surface area (Å²) >= 11 is 0. The summed E-state index contributed by atoms with van der Waals surface area (Å²) in [6.45, 7) is 5.47. The van der Waals surface area contributed by atoms with Crippen LogP contribution in [0.1, 0.15) is 20.8 Å². The molecule has 0 aliphatic carbocycles. The second kappa shape index (κ2) is 8.22. The monoisotopic (exact) mass is 375 g/mol. The maximum atomic E-state index is 12.5. The molecule has 2 rings (SSSR count). The maximum Gasteiger partial charge on any atom is 0.337 e. The molecule has 1 aliphatic rings. The van der Waals surface area contributed by atoms with Crippen LogP contribution in [0.4, 0.5) is 11.4 Å². The minimum atomic E-state index is -0.597. The van der Waals surface area contributed by atoms with Crippen LogP contribution in [0.2, 0.25) is 0 Å². The molecule has 3 N–H and O–H groups in total. The van der Waals surface area contributed by atoms with Gasteiger partial charge in [0.05, 0.1) is 25.8 Å². The second-order valence-corrected chi connectivity index (χ2v) is 7.20. The number of β-amino-alcohol motifs (C(OH)–C–C–N with tert-alkyl or cyclic N) is 1. The molecule has 0 atom stereocenters. The maximum absolute atomic E-state index is 12.5. The number of benzene rings is 1. The van der Waals surface area contributed by atoms with E-state index in [2.05, 4.69) is 10.6 Å². The number of nitrogens with one attached hydrogen (secondary N) is 2. The van der Waals surface area contributed by atoms with Crippen LogP contribution in [-0.2, 0) is 19.1 Å². The molecule has 0 radical (unpaired) electrons. The molecule has 27 heavy (non-hydrogen) atoms. The Bertz CT molecular complexity index is 763. The van der Waals surface area contributed by atoms with E-state index in [4.69, 9.17) is 9.84 Å². The Morgan fingerprint density at radius 3 is 2.30 bits per heavy atom. The van der Waals surface area contributed by atoms with Crippen molar-refractivity contribution in [3.8, 4) is 0 Å². The van der Waals surface area contributed by atoms with Crippen molar-refractivity contribution in [2.45, 2.75) is 20.8 Å². The Hall–Kier alpha value is -2.87. The third-order valence-electron chi connectivity index (χ3n) is 4.05. The molecule has 0 unspecified atom stereocenters. The molecule has 0 saturated carbocycles. The first kappa shape index (κ1) is 20.4. The van der Waals surface area contributed by atoms with E-state index in [9.17, 15) is 14.4 Å². The molecule has 1 heterocycles. The van der Waals surface area contributed by atoms with Crippen molar-refractivity contribution >= 4 is 29.2 Å². The van der Waals surface area contributed by atoms with E-state index < -0.39 is 11.4 Å². The molecule has 8 nitrogen and oxygen atoms in total. The minimum Gasteiger partial charge on any atom is -0.466 e. The summed E-state index contributed by atoms with van der Waals surface area (Å²) in [6, 6.07) is 6.80. The van der Waals surface area contributed by atoms with Crippen molar-refractivity contribution in [2.75, 3.05) is 37.4 Å². The Kier molecular flexibility index (Phi) is 6.22. The number of rotatable bonds is 6. The van der Waals surface area contributed by atoms with E-state index in [0.717, 1.165) is 0 Å². The van der Waals surface area contributed by atoms with Crippen LogP contribution >= 0.6 is 0 Å². The first-order chi connectivity index (χ1) is 12.7. The van der Waals surface area contributed by atoms with Crippen LogP contribution < -0.4 is 10.6 Å². The Labute approximate surface area is 158 Å². The van der Waals surface area contributed by atoms with Crippen LogP contribution in [0.25, 0.3) is 0 Å². The van der Waals surface area contributed by atoms with E-state index in [1.807, 2.05) is 20.8 Å². The van der Waals surface area contributed by atoms with Gasteiger partial charge in [-0.25, -0.2) is 4.79 Å². The summed E-state index contributed by atoms with van der Waals surface area (Å²) in [5, 5.41) is 14.8. The lowest BCUT2D eigenvalue weighted by molar-refractivity contribution is -0.136. The zero-order valence-corrected chi connectivity index (χ0v) is 16.0. The Morgan fingerprint density at radius 1 is 1.19 bits per heavy atom. The highest BCUT2D eigenvalue weighted by Crippen LogP contribution is 2.24. The fourth-order valence-electron chi connectivity index (χ4n) is 2.45. The SMILES string of the molecule is COC(=O)C1=C(Nc2ccc(NC(=O)C(C)(C)C)cc2)C(=O)N(CCO)C1. The van der Waals surface area contributed by atoms with E-state index in [1.54, 1.807) is 24.3 Å². The van der Waals surface area contributed by atoms with Gasteiger partial charge in [0, 0.05) is 23.3 Å². The molecular weight excluding hydrogens is 350 g/mol. The number of aliphatic hydroxyl groups is 1. The molecule has 0 bridgehead atoms. The zero-order chi connectivity index (χ0) is 20.2. The van der Waals surface area contributed by atoms with Crippen molar-refractivity contribution < 1.29 is 24.2 Å². The Morgan fingerprint density at radius 2 is 1.78 bits per heavy atom. The van der Waals surface area contributed by atoms with Gasteiger partial charge in [-0.3, -0.25) is 9.59 Å². The molecule has 1 aliphatic heterocycles. The molecule has 146 valence electrons. The fraction of sp³-hybridized carbons (Fsp3) is 0.421. The highest BCUT2D eigenvalue weighted by Gasteiger charge is 2.34. The normalized spacial score (nSPS) is 14.4. The molecule has 2 amide bonds. The number of ether oxygens (including phenoxy) is 1. The average Bonchev–Trinajstić information content (AvgIpc) is 2.92. The van der Waals surface area contributed by atoms with E-state index in [1.165, 1.54) is 12.0 Å². The lowest BCUT2D eigenvalue weighted by Crippen LogP contribution is -2.31. The van der Waals surface area contributed by atoms with Gasteiger partial charge in [-0.15, -0.1) is 0 Å². The van der Waals surface area contributed by atoms with E-state index in [0.29, 0.717) is 11.4 Å². The smallest absolute Gasteiger partial charge is 0.337 e. The third-order valence-corrected chi connectivity index (χ3v) is 4.05. The van der Waals surface area contributed by atoms with Crippen molar-refractivity contribution in [3.05, 3.63) is 35.5 Å². The molecule has 1 aromatic rings. The van der Waals surface area contributed by atoms with E-state index >= 15 is 0 Å². The number of esters is 1. The summed E-state index contributed by atoms with van der Waals surface area (Å²) in [4.78, 5) is 37.9. The predicted octanol–water partition coefficient (Wildman–Crippen LogP) is 1.34. The van der Waals surface area contributed by atoms with Crippen molar-refractivity contribution in [2.24, 2.45) is 5.41 Å². The summed E-state index contributed by atoms with van der Waals surface area (Å²) in [5.41, 5.74) is 1.04. The number of nitrogens with zero attached hydrogens (tertiary/aromatic N) is 1. The molecule has 8 heteroatoms. The quantitative estimate of drug-likeness (QED) is 0.648. The number of aliphatic hydroxyl groups excluding tert-OH is 1. The van der Waals surface area contributed by atoms with Gasteiger partial charge in [-0.2, -0.15) is 0 Å². The Balaban J connectivity index is 2.17. The van der Waals surface area contributed by atoms with Crippen molar-refractivity contribution in [1.29, 1.82) is 0 Å². The summed E-state index contributed by atoms with van der Waals surface area (Å²) in [6.07, 6.45) is 0. The third kappa shape index (κ3) is 4.85. The average molecular weight is 375 g/mol. The van der Waals surface area contributed by atoms with Gasteiger partial charge in [0.25, 0.3) is 5.91 Å². The van der Waals surface area contributed by atoms with Crippen LogP contribution in [-0.4, -0.2) is 54.6 Å². The van der Waals surface area contributed by atoms with Gasteiger partial charge in [0.2, 0.25) is 5.91 Å². The molecule has 0 spiro atoms. The second-order valence-electron chi connectivity index (χ2n) is 7.20. The predicted molar refractivity (Wildman–Crippen MR) is 101 cm³/mol. The molecule has 1 aromatic carbocycles. The number of carbonyl (C=O) groups excluding carboxylic acids is 3. The number of carbonyl (C=O) groups is 3. The zero-order valence-electron chi connectivity index (χ0n) is 16.0. The molecule has 0 saturated heterocycles. The van der Waals surface area contributed by atoms with Crippen LogP contribution in [0.15, 0.2) is 35.5 Å². The van der Waals surface area contributed by atoms with Gasteiger partial charge < -0.3 is 25.4 Å². The first-order valence-electron chi connectivity index (χ1n) is 8.57. The van der Waals surface area contributed by atoms with E-state index in [-0.39, 0.29) is 42.8 Å². The molecule has 0 fully saturated rings. The van der Waals surface area contributed by atoms with Crippen molar-refractivity contribution in [1.82, 2.24) is 4.90 Å². The lowest BCUT2D eigenvalue weighted by Gasteiger charge is -2.18. The number of hydrogen-bond acceptors (Lipinski definition) is 6. The number of methoxy groups -OCH3 is 1. The fourth-order valence-corrected chi connectivity index (χ4v) is 2.45. The highest BCUT2D eigenvalue weighted by atomic mass is 16.5. The first-order valence-corrected chi connectivity index (χ1v) is 8.57. The van der Waals surface area contributed by atoms with Gasteiger partial charge >= 0.3 is 5.97 Å². The van der Waals surface area contributed by atoms with Crippen LogP contribution in [0.3, 0.4) is 0 Å². The van der Waals surface area contributed by atoms with Gasteiger partial charge in [0.1, 0.15) is 5.70 Å². The van der Waals surface area contributed by atoms with Crippen LogP contribution in [0.5, 0.6) is 0 Å². The summed E-state index contributed by atoms with van der Waals surface area (Å²) < 4.78 is 4.75. The van der Waals surface area contributed by atoms with Gasteiger partial charge in [-0.1, -0.05) is 20.8 Å². The number of amides is 2. The summed E-state index contributed by atoms with van der Waals surface area (Å²) in [7, 11) is 1.25. The molecule has 0 aromatic heterocycles. The van der Waals surface area contributed by atoms with Gasteiger partial charge in [0.15, 0.2) is 0 Å². The lowest BCUT2D eigenvalue weighted by atomic mass is 9.95. The highest BCUT2D eigenvalue weighted by molar-refractivity contribution is 6.08. The number of anilines is 2. The standard InChI is InChI=1S/C19H25N3O5/c1-19(2,3)18(26)21-13-7-5-12(6-8-13)20-15-14(17(25)27-4)11-22(9-10-23)16(15)24/h5-8,20,23H,9-11H2,1-4H3,(H,21,26). The van der Waals surface area contributed by atoms with Crippen molar-refractivity contribution in [3.63, 3.8) is 0 Å². The van der Waals surface area contributed by atoms with Gasteiger partial charge in [-0.05, 0) is 24.3 Å². The number of hydrogen-bond donors (Lipinski definition) is 3.